The largest absolute Gasteiger partial charge is 0.306 e. The Morgan fingerprint density at radius 2 is 1.92 bits per heavy atom. The van der Waals surface area contributed by atoms with Crippen molar-refractivity contribution >= 4 is 11.9 Å². The van der Waals surface area contributed by atoms with Gasteiger partial charge in [-0.1, -0.05) is 11.9 Å². The van der Waals surface area contributed by atoms with Crippen molar-refractivity contribution in [3.63, 3.8) is 0 Å². The second kappa shape index (κ2) is 5.10. The van der Waals surface area contributed by atoms with Crippen molar-refractivity contribution in [2.24, 2.45) is 0 Å². The van der Waals surface area contributed by atoms with Crippen molar-refractivity contribution in [1.82, 2.24) is 9.62 Å². The summed E-state index contributed by atoms with van der Waals surface area (Å²) >= 11 is 1.93. The molecule has 1 rings (SSSR count). The van der Waals surface area contributed by atoms with E-state index in [1.807, 2.05) is 11.9 Å². The van der Waals surface area contributed by atoms with Crippen LogP contribution in [0.15, 0.2) is 0 Å². The first-order valence-corrected chi connectivity index (χ1v) is 5.66. The molecule has 0 aliphatic carbocycles. The van der Waals surface area contributed by atoms with E-state index in [1.165, 1.54) is 25.9 Å². The lowest BCUT2D eigenvalue weighted by molar-refractivity contribution is 0.281. The van der Waals surface area contributed by atoms with E-state index in [4.69, 9.17) is 0 Å². The summed E-state index contributed by atoms with van der Waals surface area (Å²) in [6.07, 6.45) is 2.67. The first kappa shape index (κ1) is 10.4. The molecule has 2 nitrogen and oxygen atoms in total. The Balaban J connectivity index is 2.09. The van der Waals surface area contributed by atoms with Crippen molar-refractivity contribution in [1.29, 1.82) is 0 Å². The first-order chi connectivity index (χ1) is 5.68. The Hall–Kier alpha value is 0.270. The predicted molar refractivity (Wildman–Crippen MR) is 56.4 cm³/mol. The molecular formula is C9H20N2S. The monoisotopic (exact) mass is 188 g/mol. The molecule has 12 heavy (non-hydrogen) atoms. The van der Waals surface area contributed by atoms with Crippen LogP contribution in [-0.4, -0.2) is 36.3 Å². The Bertz CT molecular complexity index is 120. The van der Waals surface area contributed by atoms with Gasteiger partial charge in [-0.2, -0.15) is 0 Å². The maximum atomic E-state index is 3.43. The third kappa shape index (κ3) is 3.78. The summed E-state index contributed by atoms with van der Waals surface area (Å²) in [6.45, 7) is 6.92. The third-order valence-electron chi connectivity index (χ3n) is 2.14. The van der Waals surface area contributed by atoms with Gasteiger partial charge < -0.3 is 4.90 Å². The van der Waals surface area contributed by atoms with Gasteiger partial charge >= 0.3 is 0 Å². The number of piperidine rings is 1. The minimum Gasteiger partial charge on any atom is -0.306 e. The van der Waals surface area contributed by atoms with Gasteiger partial charge in [-0.15, -0.1) is 0 Å². The number of nitrogens with zero attached hydrogens (tertiary/aromatic N) is 1. The fourth-order valence-corrected chi connectivity index (χ4v) is 2.25. The molecule has 0 atom stereocenters. The standard InChI is InChI=1S/C9H20N2S/c1-8(2)10-12-9-4-6-11(3)7-5-9/h8-10H,4-7H2,1-3H3. The molecule has 0 spiro atoms. The smallest absolute Gasteiger partial charge is 0.0217 e. The summed E-state index contributed by atoms with van der Waals surface area (Å²) < 4.78 is 3.43. The van der Waals surface area contributed by atoms with Crippen LogP contribution in [0.25, 0.3) is 0 Å². The summed E-state index contributed by atoms with van der Waals surface area (Å²) in [5, 5.41) is 0.837. The number of likely N-dealkylation sites (tertiary alicyclic amines) is 1. The van der Waals surface area contributed by atoms with E-state index < -0.39 is 0 Å². The molecule has 1 aliphatic heterocycles. The Morgan fingerprint density at radius 3 is 2.42 bits per heavy atom. The van der Waals surface area contributed by atoms with Crippen LogP contribution in [0.5, 0.6) is 0 Å². The van der Waals surface area contributed by atoms with Crippen molar-refractivity contribution in [2.45, 2.75) is 38.0 Å². The summed E-state index contributed by atoms with van der Waals surface area (Å²) in [7, 11) is 2.21. The molecule has 3 heteroatoms. The molecule has 1 N–H and O–H groups in total. The van der Waals surface area contributed by atoms with E-state index >= 15 is 0 Å². The van der Waals surface area contributed by atoms with Gasteiger partial charge in [0.25, 0.3) is 0 Å². The Kier molecular flexibility index (Phi) is 4.40. The van der Waals surface area contributed by atoms with Crippen LogP contribution >= 0.6 is 11.9 Å². The molecule has 1 aliphatic rings. The maximum absolute atomic E-state index is 3.43. The fraction of sp³-hybridized carbons (Fsp3) is 1.00. The molecule has 0 radical (unpaired) electrons. The van der Waals surface area contributed by atoms with Gasteiger partial charge in [-0.25, -0.2) is 0 Å². The zero-order chi connectivity index (χ0) is 8.97. The SMILES string of the molecule is CC(C)NSC1CCN(C)CC1. The molecule has 0 saturated carbocycles. The summed E-state index contributed by atoms with van der Waals surface area (Å²) in [5.74, 6) is 0. The van der Waals surface area contributed by atoms with Crippen LogP contribution in [0.4, 0.5) is 0 Å². The number of rotatable bonds is 3. The van der Waals surface area contributed by atoms with Gasteiger partial charge in [0.2, 0.25) is 0 Å². The highest BCUT2D eigenvalue weighted by Gasteiger charge is 2.16. The van der Waals surface area contributed by atoms with Crippen molar-refractivity contribution < 1.29 is 0 Å². The second-order valence-corrected chi connectivity index (χ2v) is 5.03. The van der Waals surface area contributed by atoms with Gasteiger partial charge in [0.15, 0.2) is 0 Å². The fourth-order valence-electron chi connectivity index (χ4n) is 1.34. The minimum atomic E-state index is 0.606. The van der Waals surface area contributed by atoms with E-state index in [9.17, 15) is 0 Å². The van der Waals surface area contributed by atoms with Gasteiger partial charge in [-0.3, -0.25) is 4.72 Å². The van der Waals surface area contributed by atoms with E-state index in [1.54, 1.807) is 0 Å². The molecule has 0 bridgehead atoms. The zero-order valence-electron chi connectivity index (χ0n) is 8.34. The van der Waals surface area contributed by atoms with E-state index in [-0.39, 0.29) is 0 Å². The van der Waals surface area contributed by atoms with Crippen molar-refractivity contribution in [2.75, 3.05) is 20.1 Å². The molecular weight excluding hydrogens is 168 g/mol. The van der Waals surface area contributed by atoms with Crippen molar-refractivity contribution in [3.8, 4) is 0 Å². The Morgan fingerprint density at radius 1 is 1.33 bits per heavy atom. The van der Waals surface area contributed by atoms with E-state index in [2.05, 4.69) is 30.5 Å². The number of nitrogens with one attached hydrogen (secondary N) is 1. The van der Waals surface area contributed by atoms with Gasteiger partial charge in [-0.05, 0) is 46.8 Å². The van der Waals surface area contributed by atoms with Gasteiger partial charge in [0, 0.05) is 11.3 Å². The predicted octanol–water partition coefficient (Wildman–Crippen LogP) is 1.73. The van der Waals surface area contributed by atoms with Crippen LogP contribution in [0, 0.1) is 0 Å². The molecule has 72 valence electrons. The van der Waals surface area contributed by atoms with E-state index in [0.717, 1.165) is 5.25 Å². The summed E-state index contributed by atoms with van der Waals surface area (Å²) in [5.41, 5.74) is 0. The molecule has 0 amide bonds. The van der Waals surface area contributed by atoms with Crippen LogP contribution in [-0.2, 0) is 0 Å². The third-order valence-corrected chi connectivity index (χ3v) is 3.55. The molecule has 1 fully saturated rings. The van der Waals surface area contributed by atoms with Gasteiger partial charge in [0.1, 0.15) is 0 Å². The normalized spacial score (nSPS) is 22.0. The maximum Gasteiger partial charge on any atom is 0.0217 e. The topological polar surface area (TPSA) is 15.3 Å². The minimum absolute atomic E-state index is 0.606. The molecule has 0 aromatic rings. The Labute approximate surface area is 80.2 Å². The quantitative estimate of drug-likeness (QED) is 0.679. The highest BCUT2D eigenvalue weighted by molar-refractivity contribution is 7.98. The first-order valence-electron chi connectivity index (χ1n) is 4.78. The lowest BCUT2D eigenvalue weighted by atomic mass is 10.1. The number of hydrogen-bond donors (Lipinski definition) is 1. The average molecular weight is 188 g/mol. The second-order valence-electron chi connectivity index (χ2n) is 3.89. The molecule has 0 aromatic carbocycles. The molecule has 0 aromatic heterocycles. The summed E-state index contributed by atoms with van der Waals surface area (Å²) in [4.78, 5) is 2.41. The highest BCUT2D eigenvalue weighted by atomic mass is 32.2. The zero-order valence-corrected chi connectivity index (χ0v) is 9.16. The van der Waals surface area contributed by atoms with Crippen LogP contribution < -0.4 is 4.72 Å². The molecule has 1 saturated heterocycles. The lowest BCUT2D eigenvalue weighted by Gasteiger charge is -2.28. The average Bonchev–Trinajstić information content (AvgIpc) is 2.03. The number of hydrogen-bond acceptors (Lipinski definition) is 3. The molecule has 0 unspecified atom stereocenters. The van der Waals surface area contributed by atoms with Crippen molar-refractivity contribution in [3.05, 3.63) is 0 Å². The van der Waals surface area contributed by atoms with Crippen LogP contribution in [0.2, 0.25) is 0 Å². The van der Waals surface area contributed by atoms with Gasteiger partial charge in [0.05, 0.1) is 0 Å². The summed E-state index contributed by atoms with van der Waals surface area (Å²) in [6, 6.07) is 0.606. The molecule has 1 heterocycles. The van der Waals surface area contributed by atoms with Crippen LogP contribution in [0.3, 0.4) is 0 Å². The van der Waals surface area contributed by atoms with Crippen LogP contribution in [0.1, 0.15) is 26.7 Å². The highest BCUT2D eigenvalue weighted by Crippen LogP contribution is 2.20. The lowest BCUT2D eigenvalue weighted by Crippen LogP contribution is -2.33. The van der Waals surface area contributed by atoms with E-state index in [0.29, 0.717) is 6.04 Å².